The van der Waals surface area contributed by atoms with Gasteiger partial charge in [0.05, 0.1) is 12.0 Å². The number of hydrogen-bond acceptors (Lipinski definition) is 9. The Balaban J connectivity index is 2.09. The average Bonchev–Trinajstić information content (AvgIpc) is 2.59. The van der Waals surface area contributed by atoms with E-state index >= 15 is 0 Å². The van der Waals surface area contributed by atoms with Gasteiger partial charge in [0.25, 0.3) is 0 Å². The molecule has 1 aliphatic rings. The zero-order valence-corrected chi connectivity index (χ0v) is 16.4. The van der Waals surface area contributed by atoms with Crippen molar-refractivity contribution in [2.45, 2.75) is 33.3 Å². The summed E-state index contributed by atoms with van der Waals surface area (Å²) in [4.78, 5) is 47.0. The first kappa shape index (κ1) is 20.8. The van der Waals surface area contributed by atoms with Crippen LogP contribution in [0.5, 0.6) is 28.7 Å². The van der Waals surface area contributed by atoms with Crippen LogP contribution < -0.4 is 18.9 Å². The number of benzene rings is 2. The largest absolute Gasteiger partial charge is 0.507 e. The first-order valence-corrected chi connectivity index (χ1v) is 8.90. The van der Waals surface area contributed by atoms with Crippen LogP contribution >= 0.6 is 0 Å². The van der Waals surface area contributed by atoms with Crippen LogP contribution in [0, 0.1) is 0 Å². The lowest BCUT2D eigenvalue weighted by atomic mass is 9.94. The summed E-state index contributed by atoms with van der Waals surface area (Å²) in [5.41, 5.74) is 0.112. The van der Waals surface area contributed by atoms with E-state index < -0.39 is 35.5 Å². The molecule has 156 valence electrons. The van der Waals surface area contributed by atoms with Crippen molar-refractivity contribution in [1.82, 2.24) is 0 Å². The topological polar surface area (TPSA) is 125 Å². The lowest BCUT2D eigenvalue weighted by Gasteiger charge is -2.28. The molecule has 2 aromatic carbocycles. The van der Waals surface area contributed by atoms with Gasteiger partial charge in [-0.3, -0.25) is 19.2 Å². The smallest absolute Gasteiger partial charge is 0.308 e. The van der Waals surface area contributed by atoms with Crippen LogP contribution in [-0.2, 0) is 14.4 Å². The summed E-state index contributed by atoms with van der Waals surface area (Å²) in [6.07, 6.45) is -1.22. The van der Waals surface area contributed by atoms with Gasteiger partial charge in [-0.05, 0) is 12.1 Å². The van der Waals surface area contributed by atoms with Crippen LogP contribution in [-0.4, -0.2) is 28.8 Å². The van der Waals surface area contributed by atoms with Gasteiger partial charge in [0, 0.05) is 32.9 Å². The third-order valence-electron chi connectivity index (χ3n) is 4.09. The molecule has 9 heteroatoms. The SMILES string of the molecule is CC(=O)Oc1cc(O)c2c(c1)OC(c1c(OC(C)=O)cccc1OC(C)=O)CC2=O. The lowest BCUT2D eigenvalue weighted by Crippen LogP contribution is -2.22. The van der Waals surface area contributed by atoms with Crippen LogP contribution in [0.15, 0.2) is 30.3 Å². The van der Waals surface area contributed by atoms with Crippen molar-refractivity contribution >= 4 is 23.7 Å². The van der Waals surface area contributed by atoms with E-state index in [4.69, 9.17) is 18.9 Å². The number of carbonyl (C=O) groups is 4. The maximum absolute atomic E-state index is 12.7. The Hall–Kier alpha value is -3.88. The molecule has 1 heterocycles. The highest BCUT2D eigenvalue weighted by Gasteiger charge is 2.35. The summed E-state index contributed by atoms with van der Waals surface area (Å²) >= 11 is 0. The van der Waals surface area contributed by atoms with Gasteiger partial charge in [-0.1, -0.05) is 6.07 Å². The highest BCUT2D eigenvalue weighted by Crippen LogP contribution is 2.46. The molecule has 0 spiro atoms. The fraction of sp³-hybridized carbons (Fsp3) is 0.238. The minimum Gasteiger partial charge on any atom is -0.507 e. The zero-order chi connectivity index (χ0) is 22.0. The van der Waals surface area contributed by atoms with Gasteiger partial charge in [0.2, 0.25) is 0 Å². The first-order chi connectivity index (χ1) is 14.2. The van der Waals surface area contributed by atoms with Crippen LogP contribution in [0.2, 0.25) is 0 Å². The monoisotopic (exact) mass is 414 g/mol. The van der Waals surface area contributed by atoms with Gasteiger partial charge in [0.1, 0.15) is 40.4 Å². The second kappa shape index (κ2) is 8.24. The van der Waals surface area contributed by atoms with Crippen LogP contribution in [0.4, 0.5) is 0 Å². The van der Waals surface area contributed by atoms with E-state index in [1.807, 2.05) is 0 Å². The molecule has 1 atom stereocenters. The number of fused-ring (bicyclic) bond motifs is 1. The fourth-order valence-electron chi connectivity index (χ4n) is 3.13. The number of rotatable bonds is 4. The van der Waals surface area contributed by atoms with Crippen molar-refractivity contribution in [2.75, 3.05) is 0 Å². The highest BCUT2D eigenvalue weighted by molar-refractivity contribution is 6.03. The van der Waals surface area contributed by atoms with E-state index in [1.54, 1.807) is 0 Å². The van der Waals surface area contributed by atoms with Gasteiger partial charge in [-0.2, -0.15) is 0 Å². The number of phenolic OH excluding ortho intramolecular Hbond substituents is 1. The number of esters is 3. The maximum atomic E-state index is 12.7. The molecule has 0 radical (unpaired) electrons. The number of Topliss-reactive ketones (excluding diaryl/α,β-unsaturated/α-hetero) is 1. The molecule has 1 unspecified atom stereocenters. The van der Waals surface area contributed by atoms with Crippen molar-refractivity contribution in [1.29, 1.82) is 0 Å². The number of phenols is 1. The number of ketones is 1. The number of hydrogen-bond donors (Lipinski definition) is 1. The predicted octanol–water partition coefficient (Wildman–Crippen LogP) is 2.87. The molecule has 30 heavy (non-hydrogen) atoms. The summed E-state index contributed by atoms with van der Waals surface area (Å²) < 4.78 is 21.3. The van der Waals surface area contributed by atoms with E-state index in [1.165, 1.54) is 45.0 Å². The molecule has 2 aromatic rings. The van der Waals surface area contributed by atoms with Crippen molar-refractivity contribution in [3.05, 3.63) is 41.5 Å². The zero-order valence-electron chi connectivity index (χ0n) is 16.4. The van der Waals surface area contributed by atoms with Crippen LogP contribution in [0.25, 0.3) is 0 Å². The minimum atomic E-state index is -0.998. The Morgan fingerprint density at radius 2 is 1.53 bits per heavy atom. The molecule has 0 saturated heterocycles. The lowest BCUT2D eigenvalue weighted by molar-refractivity contribution is -0.133. The summed E-state index contributed by atoms with van der Waals surface area (Å²) in [5.74, 6) is -2.64. The first-order valence-electron chi connectivity index (χ1n) is 8.90. The fourth-order valence-corrected chi connectivity index (χ4v) is 3.13. The Morgan fingerprint density at radius 3 is 2.07 bits per heavy atom. The number of carbonyl (C=O) groups excluding carboxylic acids is 4. The third kappa shape index (κ3) is 4.40. The van der Waals surface area contributed by atoms with E-state index in [-0.39, 0.29) is 40.5 Å². The molecule has 3 rings (SSSR count). The predicted molar refractivity (Wildman–Crippen MR) is 101 cm³/mol. The molecule has 0 bridgehead atoms. The quantitative estimate of drug-likeness (QED) is 0.594. The third-order valence-corrected chi connectivity index (χ3v) is 4.09. The molecule has 1 N–H and O–H groups in total. The van der Waals surface area contributed by atoms with E-state index in [0.29, 0.717) is 0 Å². The molecule has 9 nitrogen and oxygen atoms in total. The van der Waals surface area contributed by atoms with Gasteiger partial charge in [0.15, 0.2) is 5.78 Å². The maximum Gasteiger partial charge on any atom is 0.308 e. The number of aromatic hydroxyl groups is 1. The van der Waals surface area contributed by atoms with Crippen molar-refractivity contribution in [3.63, 3.8) is 0 Å². The molecule has 0 aromatic heterocycles. The minimum absolute atomic E-state index is 0.0133. The highest BCUT2D eigenvalue weighted by atomic mass is 16.6. The Kier molecular flexibility index (Phi) is 5.72. The Bertz CT molecular complexity index is 1020. The summed E-state index contributed by atoms with van der Waals surface area (Å²) in [6.45, 7) is 3.59. The molecule has 1 aliphatic heterocycles. The standard InChI is InChI=1S/C21H18O9/c1-10(22)27-13-7-14(25)20-15(26)9-19(30-18(20)8-13)21-16(28-11(2)23)5-4-6-17(21)29-12(3)24/h4-8,19,25H,9H2,1-3H3. The Labute approximate surface area is 171 Å². The summed E-state index contributed by atoms with van der Waals surface area (Å²) in [6, 6.07) is 6.89. The average molecular weight is 414 g/mol. The second-order valence-corrected chi connectivity index (χ2v) is 6.50. The number of ether oxygens (including phenoxy) is 4. The van der Waals surface area contributed by atoms with Crippen molar-refractivity contribution < 1.29 is 43.2 Å². The molecular weight excluding hydrogens is 396 g/mol. The van der Waals surface area contributed by atoms with Crippen molar-refractivity contribution in [3.8, 4) is 28.7 Å². The van der Waals surface area contributed by atoms with Gasteiger partial charge in [-0.15, -0.1) is 0 Å². The van der Waals surface area contributed by atoms with Crippen molar-refractivity contribution in [2.24, 2.45) is 0 Å². The van der Waals surface area contributed by atoms with Crippen LogP contribution in [0.3, 0.4) is 0 Å². The van der Waals surface area contributed by atoms with Gasteiger partial charge < -0.3 is 24.1 Å². The normalized spacial score (nSPS) is 14.9. The van der Waals surface area contributed by atoms with E-state index in [9.17, 15) is 24.3 Å². The van der Waals surface area contributed by atoms with Gasteiger partial charge in [-0.25, -0.2) is 0 Å². The van der Waals surface area contributed by atoms with Crippen LogP contribution in [0.1, 0.15) is 49.2 Å². The second-order valence-electron chi connectivity index (χ2n) is 6.50. The molecule has 0 amide bonds. The van der Waals surface area contributed by atoms with E-state index in [2.05, 4.69) is 0 Å². The van der Waals surface area contributed by atoms with E-state index in [0.717, 1.165) is 6.07 Å². The summed E-state index contributed by atoms with van der Waals surface area (Å²) in [5, 5.41) is 10.2. The molecule has 0 aliphatic carbocycles. The summed E-state index contributed by atoms with van der Waals surface area (Å²) in [7, 11) is 0. The molecular formula is C21H18O9. The Morgan fingerprint density at radius 1 is 0.967 bits per heavy atom. The molecule has 0 saturated carbocycles. The molecule has 0 fully saturated rings. The van der Waals surface area contributed by atoms with Gasteiger partial charge >= 0.3 is 17.9 Å².